The average Bonchev–Trinajstić information content (AvgIpc) is 2.93. The maximum atomic E-state index is 12.6. The summed E-state index contributed by atoms with van der Waals surface area (Å²) in [5.74, 6) is -1.23. The lowest BCUT2D eigenvalue weighted by Gasteiger charge is -2.13. The number of carboxylic acids is 1. The number of hydrogen-bond acceptors (Lipinski definition) is 7. The first-order valence-electron chi connectivity index (χ1n) is 9.34. The Morgan fingerprint density at radius 2 is 1.97 bits per heavy atom. The smallest absolute Gasteiger partial charge is 0.341 e. The molecule has 1 aromatic rings. The summed E-state index contributed by atoms with van der Waals surface area (Å²) in [5.41, 5.74) is 0.566. The number of ether oxygens (including phenoxy) is 2. The van der Waals surface area contributed by atoms with Crippen molar-refractivity contribution >= 4 is 40.9 Å². The van der Waals surface area contributed by atoms with Gasteiger partial charge < -0.3 is 19.9 Å². The molecule has 2 N–H and O–H groups in total. The van der Waals surface area contributed by atoms with Gasteiger partial charge in [0.25, 0.3) is 11.1 Å². The molecule has 30 heavy (non-hydrogen) atoms. The number of carboxylic acid groups (broad SMARTS) is 1. The van der Waals surface area contributed by atoms with Gasteiger partial charge in [0, 0.05) is 6.54 Å². The molecule has 2 rings (SSSR count). The summed E-state index contributed by atoms with van der Waals surface area (Å²) in [6.07, 6.45) is 1.51. The summed E-state index contributed by atoms with van der Waals surface area (Å²) < 4.78 is 10.7. The van der Waals surface area contributed by atoms with Crippen molar-refractivity contribution < 1.29 is 33.8 Å². The van der Waals surface area contributed by atoms with Gasteiger partial charge in [-0.2, -0.15) is 0 Å². The first kappa shape index (κ1) is 23.3. The highest BCUT2D eigenvalue weighted by Crippen LogP contribution is 2.34. The molecule has 162 valence electrons. The van der Waals surface area contributed by atoms with Gasteiger partial charge in [0.1, 0.15) is 6.54 Å². The molecule has 0 atom stereocenters. The quantitative estimate of drug-likeness (QED) is 0.536. The molecule has 3 amide bonds. The van der Waals surface area contributed by atoms with Crippen molar-refractivity contribution in [2.24, 2.45) is 5.92 Å². The Hall–Kier alpha value is -3.01. The van der Waals surface area contributed by atoms with Gasteiger partial charge in [-0.25, -0.2) is 4.79 Å². The van der Waals surface area contributed by atoms with Crippen molar-refractivity contribution in [3.63, 3.8) is 0 Å². The Labute approximate surface area is 178 Å². The van der Waals surface area contributed by atoms with Crippen molar-refractivity contribution in [3.05, 3.63) is 28.7 Å². The molecule has 9 nitrogen and oxygen atoms in total. The van der Waals surface area contributed by atoms with Gasteiger partial charge in [-0.05, 0) is 48.4 Å². The highest BCUT2D eigenvalue weighted by Gasteiger charge is 2.36. The number of imide groups is 1. The number of aliphatic carboxylic acids is 1. The zero-order valence-corrected chi connectivity index (χ0v) is 17.8. The predicted molar refractivity (Wildman–Crippen MR) is 111 cm³/mol. The molecule has 0 unspecified atom stereocenters. The van der Waals surface area contributed by atoms with Crippen molar-refractivity contribution in [3.8, 4) is 11.5 Å². The molecular weight excluding hydrogens is 412 g/mol. The van der Waals surface area contributed by atoms with E-state index in [1.54, 1.807) is 19.1 Å². The van der Waals surface area contributed by atoms with Gasteiger partial charge in [0.15, 0.2) is 18.1 Å². The number of benzene rings is 1. The fourth-order valence-electron chi connectivity index (χ4n) is 2.45. The Balaban J connectivity index is 2.14. The van der Waals surface area contributed by atoms with Gasteiger partial charge in [-0.3, -0.25) is 19.3 Å². The Bertz CT molecular complexity index is 867. The second-order valence-electron chi connectivity index (χ2n) is 6.79. The van der Waals surface area contributed by atoms with Crippen LogP contribution in [0.2, 0.25) is 0 Å². The van der Waals surface area contributed by atoms with Crippen molar-refractivity contribution in [2.45, 2.75) is 20.8 Å². The van der Waals surface area contributed by atoms with Gasteiger partial charge in [-0.15, -0.1) is 0 Å². The zero-order chi connectivity index (χ0) is 22.3. The van der Waals surface area contributed by atoms with E-state index in [0.717, 1.165) is 16.7 Å². The molecule has 1 aromatic carbocycles. The summed E-state index contributed by atoms with van der Waals surface area (Å²) in [5, 5.41) is 10.9. The van der Waals surface area contributed by atoms with Crippen LogP contribution in [-0.2, 0) is 14.4 Å². The molecule has 1 saturated heterocycles. The topological polar surface area (TPSA) is 122 Å². The molecule has 1 fully saturated rings. The minimum absolute atomic E-state index is 0.179. The van der Waals surface area contributed by atoms with E-state index in [9.17, 15) is 19.2 Å². The maximum absolute atomic E-state index is 12.6. The number of hydrogen-bond donors (Lipinski definition) is 2. The molecule has 0 radical (unpaired) electrons. The lowest BCUT2D eigenvalue weighted by atomic mass is 10.2. The van der Waals surface area contributed by atoms with Crippen LogP contribution in [0.5, 0.6) is 11.5 Å². The average molecular weight is 436 g/mol. The number of carbonyl (C=O) groups excluding carboxylic acids is 3. The predicted octanol–water partition coefficient (Wildman–Crippen LogP) is 2.36. The molecule has 10 heteroatoms. The molecule has 1 aliphatic heterocycles. The summed E-state index contributed by atoms with van der Waals surface area (Å²) in [7, 11) is 0. The van der Waals surface area contributed by atoms with Crippen molar-refractivity contribution in [1.82, 2.24) is 10.2 Å². The Kier molecular flexibility index (Phi) is 8.28. The lowest BCUT2D eigenvalue weighted by Crippen LogP contribution is -2.40. The number of amides is 3. The van der Waals surface area contributed by atoms with E-state index in [1.807, 2.05) is 13.8 Å². The zero-order valence-electron chi connectivity index (χ0n) is 17.0. The minimum atomic E-state index is -1.12. The van der Waals surface area contributed by atoms with E-state index >= 15 is 0 Å². The number of thioether (sulfide) groups is 1. The van der Waals surface area contributed by atoms with Crippen LogP contribution in [0.15, 0.2) is 23.1 Å². The van der Waals surface area contributed by atoms with Crippen molar-refractivity contribution in [1.29, 1.82) is 0 Å². The van der Waals surface area contributed by atoms with E-state index in [2.05, 4.69) is 5.32 Å². The van der Waals surface area contributed by atoms with E-state index < -0.39 is 29.6 Å². The first-order chi connectivity index (χ1) is 14.2. The minimum Gasteiger partial charge on any atom is -0.490 e. The summed E-state index contributed by atoms with van der Waals surface area (Å²) in [6.45, 7) is 5.59. The van der Waals surface area contributed by atoms with Gasteiger partial charge >= 0.3 is 5.97 Å². The monoisotopic (exact) mass is 436 g/mol. The third kappa shape index (κ3) is 6.51. The third-order valence-corrected chi connectivity index (χ3v) is 4.71. The molecule has 0 bridgehead atoms. The van der Waals surface area contributed by atoms with Gasteiger partial charge in [-0.1, -0.05) is 19.9 Å². The Morgan fingerprint density at radius 1 is 1.23 bits per heavy atom. The molecule has 1 heterocycles. The van der Waals surface area contributed by atoms with Gasteiger partial charge in [0.05, 0.1) is 11.5 Å². The standard InChI is InChI=1S/C20H24N2O7S/c1-4-28-15-7-13(5-6-14(15)29-11-18(24)25)8-16-19(26)22(20(27)30-16)10-17(23)21-9-12(2)3/h5-8,12H,4,9-11H2,1-3H3,(H,21,23)(H,24,25)/b16-8-. The molecule has 0 aromatic heterocycles. The SMILES string of the molecule is CCOc1cc(/C=C2\SC(=O)N(CC(=O)NCC(C)C)C2=O)ccc1OCC(=O)O. The highest BCUT2D eigenvalue weighted by molar-refractivity contribution is 8.18. The van der Waals surface area contributed by atoms with Crippen LogP contribution in [0.25, 0.3) is 6.08 Å². The van der Waals surface area contributed by atoms with E-state index in [4.69, 9.17) is 14.6 Å². The fourth-order valence-corrected chi connectivity index (χ4v) is 3.28. The molecule has 0 spiro atoms. The van der Waals surface area contributed by atoms with Crippen LogP contribution in [0.4, 0.5) is 4.79 Å². The van der Waals surface area contributed by atoms with E-state index in [1.165, 1.54) is 12.1 Å². The van der Waals surface area contributed by atoms with Gasteiger partial charge in [0.2, 0.25) is 5.91 Å². The van der Waals surface area contributed by atoms with E-state index in [0.29, 0.717) is 24.5 Å². The van der Waals surface area contributed by atoms with Crippen LogP contribution in [0.3, 0.4) is 0 Å². The number of carbonyl (C=O) groups is 4. The third-order valence-electron chi connectivity index (χ3n) is 3.80. The van der Waals surface area contributed by atoms with Crippen LogP contribution < -0.4 is 14.8 Å². The first-order valence-corrected chi connectivity index (χ1v) is 10.2. The second-order valence-corrected chi connectivity index (χ2v) is 7.78. The van der Waals surface area contributed by atoms with E-state index in [-0.39, 0.29) is 23.1 Å². The normalized spacial score (nSPS) is 15.1. The molecule has 1 aliphatic rings. The molecular formula is C20H24N2O7S. The largest absolute Gasteiger partial charge is 0.490 e. The molecule has 0 aliphatic carbocycles. The highest BCUT2D eigenvalue weighted by atomic mass is 32.2. The fraction of sp³-hybridized carbons (Fsp3) is 0.400. The summed E-state index contributed by atoms with van der Waals surface area (Å²) in [6, 6.07) is 4.73. The van der Waals surface area contributed by atoms with Crippen LogP contribution in [0, 0.1) is 5.92 Å². The number of nitrogens with zero attached hydrogens (tertiary/aromatic N) is 1. The van der Waals surface area contributed by atoms with Crippen molar-refractivity contribution in [2.75, 3.05) is 26.3 Å². The van der Waals surface area contributed by atoms with Crippen LogP contribution in [-0.4, -0.2) is 59.3 Å². The second kappa shape index (κ2) is 10.7. The molecule has 0 saturated carbocycles. The number of rotatable bonds is 10. The Morgan fingerprint density at radius 3 is 2.60 bits per heavy atom. The summed E-state index contributed by atoms with van der Waals surface area (Å²) >= 11 is 0.749. The number of nitrogens with one attached hydrogen (secondary N) is 1. The summed E-state index contributed by atoms with van der Waals surface area (Å²) in [4.78, 5) is 48.5. The van der Waals surface area contributed by atoms with Crippen LogP contribution in [0.1, 0.15) is 26.3 Å². The maximum Gasteiger partial charge on any atom is 0.341 e. The lowest BCUT2D eigenvalue weighted by molar-refractivity contribution is -0.139. The van der Waals surface area contributed by atoms with Crippen LogP contribution >= 0.6 is 11.8 Å².